The molecular weight excluding hydrogens is 557 g/mol. The van der Waals surface area contributed by atoms with Gasteiger partial charge in [0.2, 0.25) is 0 Å². The summed E-state index contributed by atoms with van der Waals surface area (Å²) in [4.78, 5) is 6.83. The Morgan fingerprint density at radius 1 is 1.14 bits per heavy atom. The van der Waals surface area contributed by atoms with E-state index in [1.54, 1.807) is 30.8 Å². The van der Waals surface area contributed by atoms with Crippen LogP contribution in [0.4, 0.5) is 5.82 Å². The van der Waals surface area contributed by atoms with E-state index in [4.69, 9.17) is 9.47 Å². The summed E-state index contributed by atoms with van der Waals surface area (Å²) >= 11 is 2.28. The van der Waals surface area contributed by atoms with Gasteiger partial charge in [0.15, 0.2) is 0 Å². The number of hydrogen-bond acceptors (Lipinski definition) is 7. The van der Waals surface area contributed by atoms with Crippen molar-refractivity contribution in [2.45, 2.75) is 25.6 Å². The average molecular weight is 581 g/mol. The largest absolute Gasteiger partial charge is 0.489 e. The number of benzene rings is 1. The second-order valence-electron chi connectivity index (χ2n) is 9.16. The van der Waals surface area contributed by atoms with E-state index in [9.17, 15) is 10.4 Å². The molecule has 3 aromatic heterocycles. The lowest BCUT2D eigenvalue weighted by molar-refractivity contribution is 0.0283. The molecule has 9 heteroatoms. The highest BCUT2D eigenvalue weighted by atomic mass is 127. The lowest BCUT2D eigenvalue weighted by Crippen LogP contribution is -2.54. The highest BCUT2D eigenvalue weighted by molar-refractivity contribution is 14.1. The van der Waals surface area contributed by atoms with Gasteiger partial charge in [0.1, 0.15) is 36.1 Å². The van der Waals surface area contributed by atoms with Crippen LogP contribution in [0.3, 0.4) is 0 Å². The Hall–Kier alpha value is -3.36. The van der Waals surface area contributed by atoms with Gasteiger partial charge in [-0.05, 0) is 78.9 Å². The molecule has 1 aliphatic heterocycles. The molecule has 1 aromatic carbocycles. The van der Waals surface area contributed by atoms with Crippen molar-refractivity contribution in [3.05, 3.63) is 70.2 Å². The summed E-state index contributed by atoms with van der Waals surface area (Å²) in [5.41, 5.74) is 1.81. The average Bonchev–Trinajstić information content (AvgIpc) is 3.23. The molecule has 0 amide bonds. The fourth-order valence-electron chi connectivity index (χ4n) is 3.88. The van der Waals surface area contributed by atoms with Gasteiger partial charge in [0, 0.05) is 20.9 Å². The molecular formula is C26H24IN5O3. The molecule has 1 fully saturated rings. The second-order valence-corrected chi connectivity index (χ2v) is 10.4. The van der Waals surface area contributed by atoms with Crippen LogP contribution >= 0.6 is 22.6 Å². The zero-order valence-electron chi connectivity index (χ0n) is 19.3. The van der Waals surface area contributed by atoms with Crippen molar-refractivity contribution in [1.29, 1.82) is 5.26 Å². The van der Waals surface area contributed by atoms with Gasteiger partial charge in [0.25, 0.3) is 0 Å². The van der Waals surface area contributed by atoms with Gasteiger partial charge < -0.3 is 19.5 Å². The molecule has 4 aromatic rings. The number of hydrogen-bond donors (Lipinski definition) is 1. The molecule has 1 saturated heterocycles. The van der Waals surface area contributed by atoms with Crippen LogP contribution in [0.1, 0.15) is 19.4 Å². The molecule has 5 rings (SSSR count). The first kappa shape index (κ1) is 23.4. The maximum atomic E-state index is 10.0. The molecule has 1 N–H and O–H groups in total. The second kappa shape index (κ2) is 9.36. The Kier molecular flexibility index (Phi) is 6.25. The van der Waals surface area contributed by atoms with E-state index in [0.29, 0.717) is 16.8 Å². The van der Waals surface area contributed by atoms with E-state index in [-0.39, 0.29) is 12.7 Å². The highest BCUT2D eigenvalue weighted by Crippen LogP contribution is 2.32. The van der Waals surface area contributed by atoms with Crippen molar-refractivity contribution < 1.29 is 14.6 Å². The van der Waals surface area contributed by atoms with E-state index in [1.165, 1.54) is 9.77 Å². The minimum Gasteiger partial charge on any atom is -0.489 e. The fraction of sp³-hybridized carbons (Fsp3) is 0.269. The quantitative estimate of drug-likeness (QED) is 0.326. The van der Waals surface area contributed by atoms with Crippen LogP contribution in [0, 0.1) is 14.9 Å². The van der Waals surface area contributed by atoms with Crippen LogP contribution < -0.4 is 14.4 Å². The van der Waals surface area contributed by atoms with E-state index in [0.717, 1.165) is 35.8 Å². The standard InChI is InChI=1S/C26H24IN5O3/c1-26(2,33)16-34-21-9-23(25-18(10-28)12-30-32(25)15-21)17-3-8-24(29-11-17)31-13-22(14-31)35-20-6-4-19(27)5-7-20/h3-9,11-12,15,22,33H,13-14,16H2,1-2H3. The molecule has 0 unspecified atom stereocenters. The molecule has 0 spiro atoms. The molecule has 1 aliphatic rings. The van der Waals surface area contributed by atoms with Crippen LogP contribution in [0.15, 0.2) is 61.1 Å². The maximum Gasteiger partial charge on any atom is 0.138 e. The molecule has 178 valence electrons. The first-order valence-electron chi connectivity index (χ1n) is 11.2. The number of halogens is 1. The summed E-state index contributed by atoms with van der Waals surface area (Å²) in [7, 11) is 0. The van der Waals surface area contributed by atoms with Crippen molar-refractivity contribution in [3.63, 3.8) is 0 Å². The van der Waals surface area contributed by atoms with Crippen molar-refractivity contribution in [1.82, 2.24) is 14.6 Å². The third-order valence-electron chi connectivity index (χ3n) is 5.65. The van der Waals surface area contributed by atoms with Crippen molar-refractivity contribution in [2.24, 2.45) is 0 Å². The lowest BCUT2D eigenvalue weighted by Gasteiger charge is -2.39. The zero-order chi connectivity index (χ0) is 24.6. The summed E-state index contributed by atoms with van der Waals surface area (Å²) in [5, 5.41) is 23.9. The Morgan fingerprint density at radius 2 is 1.91 bits per heavy atom. The number of nitriles is 1. The Labute approximate surface area is 216 Å². The topological polar surface area (TPSA) is 95.9 Å². The minimum atomic E-state index is -0.974. The van der Waals surface area contributed by atoms with Crippen LogP contribution in [-0.2, 0) is 0 Å². The number of aliphatic hydroxyl groups is 1. The molecule has 0 aliphatic carbocycles. The number of ether oxygens (including phenoxy) is 2. The summed E-state index contributed by atoms with van der Waals surface area (Å²) in [6.45, 7) is 5.03. The third kappa shape index (κ3) is 5.18. The Balaban J connectivity index is 1.34. The van der Waals surface area contributed by atoms with E-state index in [2.05, 4.69) is 43.6 Å². The van der Waals surface area contributed by atoms with Crippen molar-refractivity contribution in [3.8, 4) is 28.7 Å². The molecule has 0 atom stereocenters. The lowest BCUT2D eigenvalue weighted by atomic mass is 10.0. The van der Waals surface area contributed by atoms with Gasteiger partial charge >= 0.3 is 0 Å². The number of aromatic nitrogens is 3. The molecule has 0 saturated carbocycles. The summed E-state index contributed by atoms with van der Waals surface area (Å²) in [6.07, 6.45) is 5.17. The fourth-order valence-corrected chi connectivity index (χ4v) is 4.24. The Morgan fingerprint density at radius 3 is 2.57 bits per heavy atom. The smallest absolute Gasteiger partial charge is 0.138 e. The molecule has 0 bridgehead atoms. The molecule has 8 nitrogen and oxygen atoms in total. The monoisotopic (exact) mass is 581 g/mol. The van der Waals surface area contributed by atoms with Crippen LogP contribution in [0.25, 0.3) is 16.6 Å². The SMILES string of the molecule is CC(C)(O)COc1cc(-c2ccc(N3CC(Oc4ccc(I)cc4)C3)nc2)c2c(C#N)cnn2c1. The van der Waals surface area contributed by atoms with Crippen LogP contribution in [-0.4, -0.2) is 51.1 Å². The highest BCUT2D eigenvalue weighted by Gasteiger charge is 2.29. The van der Waals surface area contributed by atoms with Gasteiger partial charge in [-0.15, -0.1) is 0 Å². The number of rotatable bonds is 7. The first-order chi connectivity index (χ1) is 16.8. The number of fused-ring (bicyclic) bond motifs is 1. The van der Waals surface area contributed by atoms with Crippen LogP contribution in [0.5, 0.6) is 11.5 Å². The van der Waals surface area contributed by atoms with Gasteiger partial charge in [-0.1, -0.05) is 0 Å². The van der Waals surface area contributed by atoms with Gasteiger partial charge in [0.05, 0.1) is 42.2 Å². The predicted molar refractivity (Wildman–Crippen MR) is 141 cm³/mol. The van der Waals surface area contributed by atoms with Gasteiger partial charge in [-0.2, -0.15) is 10.4 Å². The number of pyridine rings is 2. The predicted octanol–water partition coefficient (Wildman–Crippen LogP) is 4.29. The van der Waals surface area contributed by atoms with Gasteiger partial charge in [-0.25, -0.2) is 9.50 Å². The zero-order valence-corrected chi connectivity index (χ0v) is 21.5. The van der Waals surface area contributed by atoms with Crippen molar-refractivity contribution in [2.75, 3.05) is 24.6 Å². The summed E-state index contributed by atoms with van der Waals surface area (Å²) in [6, 6.07) is 16.1. The first-order valence-corrected chi connectivity index (χ1v) is 12.3. The van der Waals surface area contributed by atoms with E-state index >= 15 is 0 Å². The normalized spacial score (nSPS) is 14.0. The molecule has 4 heterocycles. The van der Waals surface area contributed by atoms with Crippen LogP contribution in [0.2, 0.25) is 0 Å². The number of nitrogens with zero attached hydrogens (tertiary/aromatic N) is 5. The minimum absolute atomic E-state index is 0.127. The van der Waals surface area contributed by atoms with E-state index < -0.39 is 5.60 Å². The third-order valence-corrected chi connectivity index (χ3v) is 6.37. The van der Waals surface area contributed by atoms with E-state index in [1.807, 2.05) is 42.5 Å². The maximum absolute atomic E-state index is 10.0. The van der Waals surface area contributed by atoms with Crippen molar-refractivity contribution >= 4 is 33.9 Å². The number of anilines is 1. The summed E-state index contributed by atoms with van der Waals surface area (Å²) < 4.78 is 14.6. The van der Waals surface area contributed by atoms with Gasteiger partial charge in [-0.3, -0.25) is 0 Å². The summed E-state index contributed by atoms with van der Waals surface area (Å²) in [5.74, 6) is 2.29. The molecule has 35 heavy (non-hydrogen) atoms. The Bertz CT molecular complexity index is 1380. The molecule has 0 radical (unpaired) electrons.